The maximum atomic E-state index is 12.2. The van der Waals surface area contributed by atoms with Crippen LogP contribution in [0.1, 0.15) is 92.8 Å². The van der Waals surface area contributed by atoms with Gasteiger partial charge in [-0.15, -0.1) is 0 Å². The number of unbranched alkanes of at least 4 members (excludes halogenated alkanes) is 4. The summed E-state index contributed by atoms with van der Waals surface area (Å²) < 4.78 is 6.35. The Kier molecular flexibility index (Phi) is 11.4. The molecule has 174 valence electrons. The Balaban J connectivity index is 2.02. The van der Waals surface area contributed by atoms with E-state index in [0.717, 1.165) is 43.4 Å². The van der Waals surface area contributed by atoms with Crippen LogP contribution in [0.25, 0.3) is 0 Å². The highest BCUT2D eigenvalue weighted by Gasteiger charge is 2.15. The Labute approximate surface area is 192 Å². The molecule has 1 atom stereocenters. The molecular formula is C27H37NO4. The Bertz CT molecular complexity index is 815. The van der Waals surface area contributed by atoms with Gasteiger partial charge in [0, 0.05) is 12.1 Å². The molecule has 0 saturated heterocycles. The van der Waals surface area contributed by atoms with Crippen molar-refractivity contribution in [2.75, 3.05) is 6.54 Å². The van der Waals surface area contributed by atoms with Crippen molar-refractivity contribution in [2.45, 2.75) is 77.7 Å². The van der Waals surface area contributed by atoms with Crippen LogP contribution in [0.5, 0.6) is 5.75 Å². The van der Waals surface area contributed by atoms with Crippen LogP contribution in [0.4, 0.5) is 0 Å². The fraction of sp³-hybridized carbons (Fsp3) is 0.481. The maximum Gasteiger partial charge on any atom is 0.305 e. The lowest BCUT2D eigenvalue weighted by Gasteiger charge is -2.20. The van der Waals surface area contributed by atoms with Crippen LogP contribution in [0, 0.1) is 0 Å². The molecule has 1 amide bonds. The largest absolute Gasteiger partial charge is 0.486 e. The Morgan fingerprint density at radius 2 is 1.56 bits per heavy atom. The molecule has 0 fully saturated rings. The molecule has 0 saturated carbocycles. The summed E-state index contributed by atoms with van der Waals surface area (Å²) in [5.74, 6) is -0.331. The van der Waals surface area contributed by atoms with Gasteiger partial charge in [0.1, 0.15) is 11.9 Å². The fourth-order valence-electron chi connectivity index (χ4n) is 3.59. The Hall–Kier alpha value is -2.82. The van der Waals surface area contributed by atoms with Crippen molar-refractivity contribution in [3.8, 4) is 5.75 Å². The first-order valence-corrected chi connectivity index (χ1v) is 11.9. The predicted molar refractivity (Wildman–Crippen MR) is 128 cm³/mol. The highest BCUT2D eigenvalue weighted by atomic mass is 16.5. The van der Waals surface area contributed by atoms with Crippen LogP contribution >= 0.6 is 0 Å². The van der Waals surface area contributed by atoms with Gasteiger partial charge in [0.25, 0.3) is 5.91 Å². The molecular weight excluding hydrogens is 402 g/mol. The second-order valence-corrected chi connectivity index (χ2v) is 8.22. The van der Waals surface area contributed by atoms with Crippen LogP contribution < -0.4 is 10.1 Å². The molecule has 0 aliphatic carbocycles. The van der Waals surface area contributed by atoms with E-state index in [9.17, 15) is 9.59 Å². The molecule has 0 heterocycles. The zero-order valence-electron chi connectivity index (χ0n) is 19.4. The lowest BCUT2D eigenvalue weighted by Crippen LogP contribution is -2.26. The van der Waals surface area contributed by atoms with Gasteiger partial charge in [-0.3, -0.25) is 9.59 Å². The number of aliphatic carboxylic acids is 1. The third-order valence-electron chi connectivity index (χ3n) is 5.51. The maximum absolute atomic E-state index is 12.2. The van der Waals surface area contributed by atoms with E-state index in [-0.39, 0.29) is 25.0 Å². The van der Waals surface area contributed by atoms with Gasteiger partial charge in [-0.05, 0) is 61.1 Å². The zero-order chi connectivity index (χ0) is 23.2. The monoisotopic (exact) mass is 439 g/mol. The number of carboxylic acid groups (broad SMARTS) is 1. The molecule has 0 bridgehead atoms. The molecule has 2 aromatic carbocycles. The van der Waals surface area contributed by atoms with Gasteiger partial charge in [0.2, 0.25) is 0 Å². The molecule has 2 aromatic rings. The highest BCUT2D eigenvalue weighted by molar-refractivity contribution is 5.94. The van der Waals surface area contributed by atoms with E-state index in [1.807, 2.05) is 12.1 Å². The van der Waals surface area contributed by atoms with E-state index >= 15 is 0 Å². The summed E-state index contributed by atoms with van der Waals surface area (Å²) in [7, 11) is 0. The quantitative estimate of drug-likeness (QED) is 0.318. The summed E-state index contributed by atoms with van der Waals surface area (Å²) in [4.78, 5) is 22.8. The standard InChI is InChI=1S/C27H37NO4/c1-3-5-7-9-21-11-17-24(18-12-21)32-25(10-8-6-4-2)22-13-15-23(16-14-22)27(31)28-20-19-26(29)30/h11-18,25H,3-10,19-20H2,1-2H3,(H,28,31)(H,29,30). The van der Waals surface area contributed by atoms with E-state index in [0.29, 0.717) is 5.56 Å². The average molecular weight is 440 g/mol. The van der Waals surface area contributed by atoms with E-state index in [4.69, 9.17) is 9.84 Å². The number of hydrogen-bond acceptors (Lipinski definition) is 3. The SMILES string of the molecule is CCCCCc1ccc(OC(CCCCC)c2ccc(C(=O)NCCC(=O)O)cc2)cc1. The summed E-state index contributed by atoms with van der Waals surface area (Å²) >= 11 is 0. The van der Waals surface area contributed by atoms with E-state index in [2.05, 4.69) is 43.4 Å². The number of nitrogens with one attached hydrogen (secondary N) is 1. The number of benzene rings is 2. The first kappa shape index (κ1) is 25.4. The highest BCUT2D eigenvalue weighted by Crippen LogP contribution is 2.28. The molecule has 32 heavy (non-hydrogen) atoms. The third kappa shape index (κ3) is 9.13. The minimum atomic E-state index is -0.929. The van der Waals surface area contributed by atoms with Crippen molar-refractivity contribution in [3.63, 3.8) is 0 Å². The van der Waals surface area contributed by atoms with Crippen LogP contribution in [0.3, 0.4) is 0 Å². The summed E-state index contributed by atoms with van der Waals surface area (Å²) in [6.07, 6.45) is 8.93. The summed E-state index contributed by atoms with van der Waals surface area (Å²) in [5, 5.41) is 11.3. The van der Waals surface area contributed by atoms with E-state index in [1.165, 1.54) is 24.8 Å². The van der Waals surface area contributed by atoms with Crippen molar-refractivity contribution in [3.05, 3.63) is 65.2 Å². The van der Waals surface area contributed by atoms with Gasteiger partial charge in [-0.25, -0.2) is 0 Å². The molecule has 5 heteroatoms. The summed E-state index contributed by atoms with van der Waals surface area (Å²) in [6.45, 7) is 4.52. The smallest absolute Gasteiger partial charge is 0.305 e. The first-order valence-electron chi connectivity index (χ1n) is 11.9. The second kappa shape index (κ2) is 14.3. The van der Waals surface area contributed by atoms with Gasteiger partial charge >= 0.3 is 5.97 Å². The number of amides is 1. The van der Waals surface area contributed by atoms with Crippen LogP contribution in [-0.4, -0.2) is 23.5 Å². The third-order valence-corrected chi connectivity index (χ3v) is 5.51. The number of carbonyl (C=O) groups excluding carboxylic acids is 1. The first-order chi connectivity index (χ1) is 15.5. The molecule has 0 radical (unpaired) electrons. The number of ether oxygens (including phenoxy) is 1. The molecule has 0 spiro atoms. The zero-order valence-corrected chi connectivity index (χ0v) is 19.4. The van der Waals surface area contributed by atoms with Crippen LogP contribution in [-0.2, 0) is 11.2 Å². The van der Waals surface area contributed by atoms with Crippen molar-refractivity contribution >= 4 is 11.9 Å². The van der Waals surface area contributed by atoms with E-state index < -0.39 is 5.97 Å². The van der Waals surface area contributed by atoms with E-state index in [1.54, 1.807) is 12.1 Å². The predicted octanol–water partition coefficient (Wildman–Crippen LogP) is 6.32. The Morgan fingerprint density at radius 1 is 0.906 bits per heavy atom. The Morgan fingerprint density at radius 3 is 2.19 bits per heavy atom. The van der Waals surface area contributed by atoms with Crippen molar-refractivity contribution in [1.29, 1.82) is 0 Å². The van der Waals surface area contributed by atoms with Gasteiger partial charge in [-0.1, -0.05) is 63.8 Å². The molecule has 0 aliphatic heterocycles. The molecule has 2 rings (SSSR count). The van der Waals surface area contributed by atoms with Crippen molar-refractivity contribution in [1.82, 2.24) is 5.32 Å². The van der Waals surface area contributed by atoms with Gasteiger partial charge in [-0.2, -0.15) is 0 Å². The summed E-state index contributed by atoms with van der Waals surface area (Å²) in [5.41, 5.74) is 2.89. The lowest BCUT2D eigenvalue weighted by atomic mass is 10.0. The fourth-order valence-corrected chi connectivity index (χ4v) is 3.59. The normalized spacial score (nSPS) is 11.7. The minimum absolute atomic E-state index is 0.0726. The topological polar surface area (TPSA) is 75.6 Å². The van der Waals surface area contributed by atoms with Crippen LogP contribution in [0.15, 0.2) is 48.5 Å². The molecule has 0 aliphatic rings. The lowest BCUT2D eigenvalue weighted by molar-refractivity contribution is -0.136. The molecule has 1 unspecified atom stereocenters. The van der Waals surface area contributed by atoms with Gasteiger partial charge in [0.15, 0.2) is 0 Å². The number of aryl methyl sites for hydroxylation is 1. The number of hydrogen-bond donors (Lipinski definition) is 2. The summed E-state index contributed by atoms with van der Waals surface area (Å²) in [6, 6.07) is 15.8. The average Bonchev–Trinajstić information content (AvgIpc) is 2.79. The number of carbonyl (C=O) groups is 2. The van der Waals surface area contributed by atoms with Gasteiger partial charge in [0.05, 0.1) is 6.42 Å². The van der Waals surface area contributed by atoms with Crippen molar-refractivity contribution < 1.29 is 19.4 Å². The number of carboxylic acids is 1. The number of rotatable bonds is 15. The van der Waals surface area contributed by atoms with Crippen molar-refractivity contribution in [2.24, 2.45) is 0 Å². The molecule has 0 aromatic heterocycles. The van der Waals surface area contributed by atoms with Crippen LogP contribution in [0.2, 0.25) is 0 Å². The minimum Gasteiger partial charge on any atom is -0.486 e. The van der Waals surface area contributed by atoms with Gasteiger partial charge < -0.3 is 15.2 Å². The molecule has 2 N–H and O–H groups in total. The molecule has 5 nitrogen and oxygen atoms in total. The second-order valence-electron chi connectivity index (χ2n) is 8.22.